The van der Waals surface area contributed by atoms with Gasteiger partial charge in [-0.05, 0) is 32.0 Å². The fourth-order valence-electron chi connectivity index (χ4n) is 3.64. The van der Waals surface area contributed by atoms with Crippen LogP contribution in [0.4, 0.5) is 5.69 Å². The Balaban J connectivity index is 1.63. The predicted molar refractivity (Wildman–Crippen MR) is 122 cm³/mol. The van der Waals surface area contributed by atoms with Gasteiger partial charge in [0.2, 0.25) is 21.8 Å². The molecule has 1 aliphatic rings. The Morgan fingerprint density at radius 2 is 1.74 bits per heavy atom. The quantitative estimate of drug-likeness (QED) is 0.639. The number of benzene rings is 1. The van der Waals surface area contributed by atoms with Gasteiger partial charge in [0, 0.05) is 54.6 Å². The Hall–Kier alpha value is -2.27. The number of piperazine rings is 1. The molecular formula is C21H28N4O4S2. The van der Waals surface area contributed by atoms with Crippen molar-refractivity contribution in [2.45, 2.75) is 25.2 Å². The summed E-state index contributed by atoms with van der Waals surface area (Å²) in [5.41, 5.74) is 5.98. The summed E-state index contributed by atoms with van der Waals surface area (Å²) in [6.45, 7) is 5.67. The maximum absolute atomic E-state index is 13.0. The highest BCUT2D eigenvalue weighted by atomic mass is 32.2. The van der Waals surface area contributed by atoms with Gasteiger partial charge in [0.05, 0.1) is 11.4 Å². The van der Waals surface area contributed by atoms with Gasteiger partial charge in [-0.25, -0.2) is 8.42 Å². The highest BCUT2D eigenvalue weighted by Gasteiger charge is 2.31. The summed E-state index contributed by atoms with van der Waals surface area (Å²) >= 11 is 1.48. The molecule has 0 spiro atoms. The molecule has 1 aromatic carbocycles. The third kappa shape index (κ3) is 5.70. The molecule has 0 saturated carbocycles. The lowest BCUT2D eigenvalue weighted by Crippen LogP contribution is -2.51. The molecule has 1 saturated heterocycles. The number of para-hydroxylation sites is 1. The molecule has 1 aromatic heterocycles. The Morgan fingerprint density at radius 1 is 1.10 bits per heavy atom. The molecule has 0 aliphatic carbocycles. The molecule has 2 N–H and O–H groups in total. The van der Waals surface area contributed by atoms with Crippen LogP contribution in [0.1, 0.15) is 16.2 Å². The second-order valence-electron chi connectivity index (χ2n) is 7.55. The van der Waals surface area contributed by atoms with Crippen molar-refractivity contribution in [1.82, 2.24) is 9.21 Å². The molecule has 0 atom stereocenters. The fourth-order valence-corrected chi connectivity index (χ4v) is 6.58. The van der Waals surface area contributed by atoms with Gasteiger partial charge in [0.1, 0.15) is 0 Å². The number of sulfonamides is 1. The number of rotatable bonds is 8. The first-order chi connectivity index (χ1) is 14.7. The van der Waals surface area contributed by atoms with E-state index in [4.69, 9.17) is 5.73 Å². The summed E-state index contributed by atoms with van der Waals surface area (Å²) in [5, 5.41) is 0. The molecule has 2 heterocycles. The third-order valence-corrected chi connectivity index (χ3v) is 8.37. The van der Waals surface area contributed by atoms with E-state index in [0.29, 0.717) is 36.8 Å². The number of carbonyl (C=O) groups is 2. The number of nitrogens with two attached hydrogens (primary N) is 1. The topological polar surface area (TPSA) is 104 Å². The van der Waals surface area contributed by atoms with Crippen LogP contribution in [0.2, 0.25) is 0 Å². The highest BCUT2D eigenvalue weighted by Crippen LogP contribution is 2.28. The van der Waals surface area contributed by atoms with Gasteiger partial charge in [-0.15, -0.1) is 11.3 Å². The molecule has 0 bridgehead atoms. The van der Waals surface area contributed by atoms with E-state index >= 15 is 0 Å². The molecule has 2 aromatic rings. The summed E-state index contributed by atoms with van der Waals surface area (Å²) in [7, 11) is -3.53. The lowest BCUT2D eigenvalue weighted by Gasteiger charge is -2.34. The molecular weight excluding hydrogens is 436 g/mol. The monoisotopic (exact) mass is 464 g/mol. The number of anilines is 1. The minimum atomic E-state index is -3.53. The maximum Gasteiger partial charge on any atom is 0.244 e. The largest absolute Gasteiger partial charge is 0.370 e. The van der Waals surface area contributed by atoms with Crippen molar-refractivity contribution >= 4 is 38.9 Å². The van der Waals surface area contributed by atoms with E-state index in [1.807, 2.05) is 49.1 Å². The Bertz CT molecular complexity index is 1030. The standard InChI is InChI=1S/C21H28N4O4S2/c1-16-14-19(17(2)30-16)31(28,29)24-12-10-23(11-13-24)15-21(27)25(9-8-20(22)26)18-6-4-3-5-7-18/h3-7,14H,8-13,15H2,1-2H3,(H2,22,26). The van der Waals surface area contributed by atoms with Crippen molar-refractivity contribution in [1.29, 1.82) is 0 Å². The molecule has 1 fully saturated rings. The van der Waals surface area contributed by atoms with Crippen molar-refractivity contribution < 1.29 is 18.0 Å². The van der Waals surface area contributed by atoms with E-state index in [9.17, 15) is 18.0 Å². The number of thiophene rings is 1. The third-order valence-electron chi connectivity index (χ3n) is 5.25. The molecule has 168 valence electrons. The summed E-state index contributed by atoms with van der Waals surface area (Å²) in [4.78, 5) is 29.9. The Kier molecular flexibility index (Phi) is 7.47. The zero-order valence-electron chi connectivity index (χ0n) is 17.8. The van der Waals surface area contributed by atoms with Crippen LogP contribution in [0, 0.1) is 13.8 Å². The second-order valence-corrected chi connectivity index (χ2v) is 10.9. The number of primary amides is 1. The first-order valence-corrected chi connectivity index (χ1v) is 12.4. The summed E-state index contributed by atoms with van der Waals surface area (Å²) in [6, 6.07) is 10.9. The lowest BCUT2D eigenvalue weighted by atomic mass is 10.2. The van der Waals surface area contributed by atoms with Crippen LogP contribution in [0.25, 0.3) is 0 Å². The van der Waals surface area contributed by atoms with Gasteiger partial charge in [-0.2, -0.15) is 4.31 Å². The van der Waals surface area contributed by atoms with E-state index in [0.717, 1.165) is 9.75 Å². The van der Waals surface area contributed by atoms with Crippen molar-refractivity contribution in [3.05, 3.63) is 46.2 Å². The van der Waals surface area contributed by atoms with Crippen molar-refractivity contribution in [2.75, 3.05) is 44.2 Å². The highest BCUT2D eigenvalue weighted by molar-refractivity contribution is 7.89. The van der Waals surface area contributed by atoms with Crippen molar-refractivity contribution in [3.63, 3.8) is 0 Å². The molecule has 0 unspecified atom stereocenters. The van der Waals surface area contributed by atoms with E-state index in [2.05, 4.69) is 0 Å². The molecule has 0 radical (unpaired) electrons. The van der Waals surface area contributed by atoms with Gasteiger partial charge in [-0.3, -0.25) is 14.5 Å². The maximum atomic E-state index is 13.0. The zero-order chi connectivity index (χ0) is 22.6. The summed E-state index contributed by atoms with van der Waals surface area (Å²) in [6.07, 6.45) is 0.0755. The van der Waals surface area contributed by atoms with Gasteiger partial charge in [0.25, 0.3) is 0 Å². The van der Waals surface area contributed by atoms with Gasteiger partial charge >= 0.3 is 0 Å². The molecule has 8 nitrogen and oxygen atoms in total. The van der Waals surface area contributed by atoms with E-state index in [-0.39, 0.29) is 25.4 Å². The van der Waals surface area contributed by atoms with Gasteiger partial charge in [-0.1, -0.05) is 18.2 Å². The minimum Gasteiger partial charge on any atom is -0.370 e. The number of aryl methyl sites for hydroxylation is 2. The Morgan fingerprint density at radius 3 is 2.29 bits per heavy atom. The average molecular weight is 465 g/mol. The molecule has 10 heteroatoms. The van der Waals surface area contributed by atoms with Gasteiger partial charge in [0.15, 0.2) is 0 Å². The summed E-state index contributed by atoms with van der Waals surface area (Å²) < 4.78 is 27.5. The Labute approximate surface area is 187 Å². The first-order valence-electron chi connectivity index (χ1n) is 10.1. The number of carbonyl (C=O) groups excluding carboxylic acids is 2. The number of amides is 2. The number of nitrogens with zero attached hydrogens (tertiary/aromatic N) is 3. The van der Waals surface area contributed by atoms with Crippen LogP contribution in [0.5, 0.6) is 0 Å². The minimum absolute atomic E-state index is 0.0755. The van der Waals surface area contributed by atoms with E-state index in [1.54, 1.807) is 11.0 Å². The molecule has 31 heavy (non-hydrogen) atoms. The van der Waals surface area contributed by atoms with Crippen LogP contribution in [-0.2, 0) is 19.6 Å². The molecule has 3 rings (SSSR count). The van der Waals surface area contributed by atoms with Crippen LogP contribution in [-0.4, -0.2) is 68.7 Å². The number of hydrogen-bond acceptors (Lipinski definition) is 6. The molecule has 2 amide bonds. The lowest BCUT2D eigenvalue weighted by molar-refractivity contribution is -0.120. The predicted octanol–water partition coefficient (Wildman–Crippen LogP) is 1.58. The van der Waals surface area contributed by atoms with Crippen LogP contribution >= 0.6 is 11.3 Å². The van der Waals surface area contributed by atoms with E-state index < -0.39 is 15.9 Å². The van der Waals surface area contributed by atoms with Crippen LogP contribution in [0.15, 0.2) is 41.3 Å². The van der Waals surface area contributed by atoms with Crippen molar-refractivity contribution in [2.24, 2.45) is 5.73 Å². The molecule has 1 aliphatic heterocycles. The normalized spacial score (nSPS) is 15.7. The average Bonchev–Trinajstić information content (AvgIpc) is 3.08. The summed E-state index contributed by atoms with van der Waals surface area (Å²) in [5.74, 6) is -0.612. The second kappa shape index (κ2) is 9.90. The SMILES string of the molecule is Cc1cc(S(=O)(=O)N2CCN(CC(=O)N(CCC(N)=O)c3ccccc3)CC2)c(C)s1. The fraction of sp³-hybridized carbons (Fsp3) is 0.429. The van der Waals surface area contributed by atoms with Crippen LogP contribution < -0.4 is 10.6 Å². The zero-order valence-corrected chi connectivity index (χ0v) is 19.4. The number of hydrogen-bond donors (Lipinski definition) is 1. The van der Waals surface area contributed by atoms with Crippen molar-refractivity contribution in [3.8, 4) is 0 Å². The van der Waals surface area contributed by atoms with Gasteiger partial charge < -0.3 is 10.6 Å². The van der Waals surface area contributed by atoms with Crippen LogP contribution in [0.3, 0.4) is 0 Å². The smallest absolute Gasteiger partial charge is 0.244 e. The first kappa shape index (κ1) is 23.4. The van der Waals surface area contributed by atoms with E-state index in [1.165, 1.54) is 15.6 Å².